The number of carbonyl (C=O) groups excluding carboxylic acids is 1. The van der Waals surface area contributed by atoms with Crippen LogP contribution in [0.4, 0.5) is 0 Å². The predicted octanol–water partition coefficient (Wildman–Crippen LogP) is -0.0561. The fourth-order valence-electron chi connectivity index (χ4n) is 2.00. The van der Waals surface area contributed by atoms with Crippen molar-refractivity contribution in [3.05, 3.63) is 0 Å². The molecule has 2 aliphatic rings. The third-order valence-corrected chi connectivity index (χ3v) is 2.61. The molecule has 4 unspecified atom stereocenters. The number of nitrogens with two attached hydrogens (primary N) is 1. The van der Waals surface area contributed by atoms with Crippen molar-refractivity contribution >= 4 is 13.2 Å². The number of hydrogen-bond acceptors (Lipinski definition) is 3. The molecular weight excluding hydrogens is 141 g/mol. The first-order valence-electron chi connectivity index (χ1n) is 3.98. The lowest BCUT2D eigenvalue weighted by molar-refractivity contribution is -0.153. The summed E-state index contributed by atoms with van der Waals surface area (Å²) in [7, 11) is 2.14. The van der Waals surface area contributed by atoms with Crippen LogP contribution in [-0.2, 0) is 9.53 Å². The van der Waals surface area contributed by atoms with E-state index in [0.717, 1.165) is 0 Å². The lowest BCUT2D eigenvalue weighted by Gasteiger charge is -2.27. The highest BCUT2D eigenvalue weighted by Crippen LogP contribution is 2.39. The van der Waals surface area contributed by atoms with Crippen LogP contribution in [0.1, 0.15) is 13.3 Å². The zero-order chi connectivity index (χ0) is 8.01. The SMILES string of the molecule is CC1[B]C2CC(=O)OC1C2N. The zero-order valence-electron chi connectivity index (χ0n) is 6.49. The molecule has 3 nitrogen and oxygen atoms in total. The van der Waals surface area contributed by atoms with Crippen molar-refractivity contribution in [1.29, 1.82) is 0 Å². The van der Waals surface area contributed by atoms with Gasteiger partial charge in [0.25, 0.3) is 0 Å². The van der Waals surface area contributed by atoms with E-state index in [2.05, 4.69) is 7.28 Å². The molecule has 0 aromatic carbocycles. The summed E-state index contributed by atoms with van der Waals surface area (Å²) in [6.07, 6.45) is 0.420. The van der Waals surface area contributed by atoms with Crippen LogP contribution in [0.15, 0.2) is 0 Å². The van der Waals surface area contributed by atoms with Crippen molar-refractivity contribution in [2.45, 2.75) is 37.1 Å². The maximum atomic E-state index is 10.9. The van der Waals surface area contributed by atoms with Gasteiger partial charge >= 0.3 is 5.97 Å². The molecule has 0 aromatic rings. The number of hydrogen-bond donors (Lipinski definition) is 1. The Bertz CT molecular complexity index is 197. The van der Waals surface area contributed by atoms with E-state index in [9.17, 15) is 4.79 Å². The van der Waals surface area contributed by atoms with E-state index < -0.39 is 0 Å². The molecule has 2 fully saturated rings. The molecule has 1 radical (unpaired) electrons. The molecule has 0 spiro atoms. The van der Waals surface area contributed by atoms with Crippen LogP contribution in [-0.4, -0.2) is 25.4 Å². The topological polar surface area (TPSA) is 52.3 Å². The van der Waals surface area contributed by atoms with Crippen LogP contribution in [0.2, 0.25) is 11.6 Å². The number of ether oxygens (including phenoxy) is 1. The number of rotatable bonds is 0. The summed E-state index contributed by atoms with van der Waals surface area (Å²) in [5.41, 5.74) is 5.83. The molecule has 0 amide bonds. The molecule has 0 aliphatic carbocycles. The van der Waals surface area contributed by atoms with Crippen LogP contribution in [0.25, 0.3) is 0 Å². The molecule has 2 N–H and O–H groups in total. The van der Waals surface area contributed by atoms with E-state index in [1.165, 1.54) is 0 Å². The van der Waals surface area contributed by atoms with Crippen LogP contribution in [0, 0.1) is 0 Å². The van der Waals surface area contributed by atoms with Gasteiger partial charge in [0, 0.05) is 12.5 Å². The van der Waals surface area contributed by atoms with Gasteiger partial charge < -0.3 is 10.5 Å². The fourth-order valence-corrected chi connectivity index (χ4v) is 2.00. The van der Waals surface area contributed by atoms with Gasteiger partial charge in [0.2, 0.25) is 0 Å². The van der Waals surface area contributed by atoms with Crippen molar-refractivity contribution in [2.75, 3.05) is 0 Å². The van der Waals surface area contributed by atoms with E-state index in [1.54, 1.807) is 0 Å². The maximum Gasteiger partial charge on any atom is 0.305 e. The Morgan fingerprint density at radius 1 is 1.73 bits per heavy atom. The van der Waals surface area contributed by atoms with Crippen molar-refractivity contribution in [1.82, 2.24) is 0 Å². The molecule has 11 heavy (non-hydrogen) atoms. The highest BCUT2D eigenvalue weighted by atomic mass is 16.5. The minimum Gasteiger partial charge on any atom is -0.461 e. The summed E-state index contributed by atoms with van der Waals surface area (Å²) < 4.78 is 5.11. The Labute approximate surface area is 66.5 Å². The van der Waals surface area contributed by atoms with E-state index in [4.69, 9.17) is 10.5 Å². The molecule has 2 saturated heterocycles. The molecule has 2 rings (SSSR count). The molecule has 2 bridgehead atoms. The van der Waals surface area contributed by atoms with Gasteiger partial charge in [0.05, 0.1) is 0 Å². The highest BCUT2D eigenvalue weighted by Gasteiger charge is 2.46. The Morgan fingerprint density at radius 3 is 3.09 bits per heavy atom. The van der Waals surface area contributed by atoms with Crippen molar-refractivity contribution in [2.24, 2.45) is 5.73 Å². The summed E-state index contributed by atoms with van der Waals surface area (Å²) in [5.74, 6) is 0.500. The first-order chi connectivity index (χ1) is 5.18. The standard InChI is InChI=1S/C7H11BNO2/c1-3-7-6(9)4(8-3)2-5(10)11-7/h3-4,6-7H,2,9H2,1H3. The van der Waals surface area contributed by atoms with Crippen LogP contribution < -0.4 is 5.73 Å². The van der Waals surface area contributed by atoms with Crippen LogP contribution >= 0.6 is 0 Å². The second kappa shape index (κ2) is 2.24. The van der Waals surface area contributed by atoms with Crippen molar-refractivity contribution in [3.63, 3.8) is 0 Å². The van der Waals surface area contributed by atoms with Gasteiger partial charge in [-0.3, -0.25) is 4.79 Å². The number of esters is 1. The highest BCUT2D eigenvalue weighted by molar-refractivity contribution is 6.42. The summed E-state index contributed by atoms with van der Waals surface area (Å²) in [6, 6.07) is 0.0442. The first kappa shape index (κ1) is 7.16. The van der Waals surface area contributed by atoms with Crippen molar-refractivity contribution < 1.29 is 9.53 Å². The van der Waals surface area contributed by atoms with Gasteiger partial charge in [0.1, 0.15) is 13.4 Å². The number of fused-ring (bicyclic) bond motifs is 2. The summed E-state index contributed by atoms with van der Waals surface area (Å²) in [5, 5.41) is 0. The Kier molecular flexibility index (Phi) is 1.46. The van der Waals surface area contributed by atoms with Crippen LogP contribution in [0.5, 0.6) is 0 Å². The largest absolute Gasteiger partial charge is 0.461 e. The van der Waals surface area contributed by atoms with Gasteiger partial charge in [-0.1, -0.05) is 6.92 Å². The van der Waals surface area contributed by atoms with Gasteiger partial charge in [-0.15, -0.1) is 0 Å². The molecule has 2 heterocycles. The average molecular weight is 152 g/mol. The van der Waals surface area contributed by atoms with Gasteiger partial charge in [-0.2, -0.15) is 0 Å². The average Bonchev–Trinajstić information content (AvgIpc) is 2.17. The number of carbonyl (C=O) groups is 1. The van der Waals surface area contributed by atoms with E-state index >= 15 is 0 Å². The second-order valence-corrected chi connectivity index (χ2v) is 3.45. The minimum atomic E-state index is -0.0951. The molecule has 4 heteroatoms. The second-order valence-electron chi connectivity index (χ2n) is 3.45. The summed E-state index contributed by atoms with van der Waals surface area (Å²) >= 11 is 0. The molecule has 2 aliphatic heterocycles. The third kappa shape index (κ3) is 0.966. The molecule has 4 atom stereocenters. The van der Waals surface area contributed by atoms with E-state index in [1.807, 2.05) is 6.92 Å². The summed E-state index contributed by atoms with van der Waals surface area (Å²) in [4.78, 5) is 10.9. The lowest BCUT2D eigenvalue weighted by atomic mass is 9.60. The maximum absolute atomic E-state index is 10.9. The quantitative estimate of drug-likeness (QED) is 0.390. The Morgan fingerprint density at radius 2 is 2.45 bits per heavy atom. The van der Waals surface area contributed by atoms with Gasteiger partial charge in [-0.25, -0.2) is 0 Å². The Hall–Kier alpha value is -0.505. The minimum absolute atomic E-state index is 0.0442. The smallest absolute Gasteiger partial charge is 0.305 e. The molecule has 0 aromatic heterocycles. The first-order valence-corrected chi connectivity index (χ1v) is 3.98. The van der Waals surface area contributed by atoms with E-state index in [0.29, 0.717) is 12.2 Å². The third-order valence-electron chi connectivity index (χ3n) is 2.61. The molecule has 0 saturated carbocycles. The van der Waals surface area contributed by atoms with Crippen molar-refractivity contribution in [3.8, 4) is 0 Å². The fraction of sp³-hybridized carbons (Fsp3) is 0.857. The Balaban J connectivity index is 2.20. The molecule has 59 valence electrons. The van der Waals surface area contributed by atoms with E-state index in [-0.39, 0.29) is 23.9 Å². The normalized spacial score (nSPS) is 48.4. The van der Waals surface area contributed by atoms with Gasteiger partial charge in [0.15, 0.2) is 0 Å². The summed E-state index contributed by atoms with van der Waals surface area (Å²) in [6.45, 7) is 2.04. The predicted molar refractivity (Wildman–Crippen MR) is 41.4 cm³/mol. The van der Waals surface area contributed by atoms with Crippen LogP contribution in [0.3, 0.4) is 0 Å². The molecular formula is C7H11BNO2. The monoisotopic (exact) mass is 152 g/mol. The zero-order valence-corrected chi connectivity index (χ0v) is 6.49. The van der Waals surface area contributed by atoms with Gasteiger partial charge in [-0.05, 0) is 11.6 Å². The lowest BCUT2D eigenvalue weighted by Crippen LogP contribution is -2.41.